The highest BCUT2D eigenvalue weighted by atomic mass is 32.1. The highest BCUT2D eigenvalue weighted by molar-refractivity contribution is 7.16. The lowest BCUT2D eigenvalue weighted by Crippen LogP contribution is -2.25. The molecule has 0 aliphatic carbocycles. The molecule has 0 unspecified atom stereocenters. The Morgan fingerprint density at radius 1 is 1.10 bits per heavy atom. The van der Waals surface area contributed by atoms with E-state index >= 15 is 0 Å². The van der Waals surface area contributed by atoms with Crippen LogP contribution in [0.2, 0.25) is 0 Å². The second-order valence-electron chi connectivity index (χ2n) is 6.76. The fraction of sp³-hybridized carbons (Fsp3) is 0.238. The van der Waals surface area contributed by atoms with E-state index in [0.717, 1.165) is 33.6 Å². The van der Waals surface area contributed by atoms with Crippen LogP contribution in [0.15, 0.2) is 48.9 Å². The van der Waals surface area contributed by atoms with E-state index < -0.39 is 0 Å². The van der Waals surface area contributed by atoms with Gasteiger partial charge in [-0.25, -0.2) is 14.6 Å². The Labute approximate surface area is 173 Å². The first-order chi connectivity index (χ1) is 14.0. The molecule has 7 nitrogen and oxygen atoms in total. The third-order valence-corrected chi connectivity index (χ3v) is 5.95. The number of thiazole rings is 1. The van der Waals surface area contributed by atoms with Gasteiger partial charge in [-0.2, -0.15) is 5.10 Å². The molecule has 4 heterocycles. The summed E-state index contributed by atoms with van der Waals surface area (Å²) in [6.07, 6.45) is 6.30. The Morgan fingerprint density at radius 2 is 1.90 bits per heavy atom. The number of carbonyl (C=O) groups excluding carboxylic acids is 1. The lowest BCUT2D eigenvalue weighted by Gasteiger charge is -2.06. The standard InChI is InChI=1S/C21H22N6OS/c1-14-17(16(3)27(25-14)18-8-4-5-10-22-18)9-11-23-20(28)19-15(2)24-21(29-19)26-12-6-7-13-26/h4-8,10,12-13H,9,11H2,1-3H3,(H,23,28). The fourth-order valence-electron chi connectivity index (χ4n) is 3.29. The van der Waals surface area contributed by atoms with E-state index in [4.69, 9.17) is 0 Å². The van der Waals surface area contributed by atoms with Crippen molar-refractivity contribution in [2.45, 2.75) is 27.2 Å². The lowest BCUT2D eigenvalue weighted by molar-refractivity contribution is 0.0957. The predicted molar refractivity (Wildman–Crippen MR) is 113 cm³/mol. The van der Waals surface area contributed by atoms with Crippen molar-refractivity contribution >= 4 is 17.2 Å². The summed E-state index contributed by atoms with van der Waals surface area (Å²) in [6, 6.07) is 9.63. The van der Waals surface area contributed by atoms with E-state index in [1.807, 2.05) is 72.7 Å². The number of aromatic nitrogens is 5. The topological polar surface area (TPSA) is 77.6 Å². The van der Waals surface area contributed by atoms with Gasteiger partial charge in [-0.15, -0.1) is 0 Å². The molecule has 0 aliphatic rings. The molecule has 1 amide bonds. The molecular formula is C21H22N6OS. The minimum absolute atomic E-state index is 0.0918. The molecule has 0 saturated heterocycles. The van der Waals surface area contributed by atoms with Gasteiger partial charge in [0, 0.05) is 30.8 Å². The fourth-order valence-corrected chi connectivity index (χ4v) is 4.24. The normalized spacial score (nSPS) is 11.0. The Morgan fingerprint density at radius 3 is 2.62 bits per heavy atom. The molecule has 29 heavy (non-hydrogen) atoms. The Hall–Kier alpha value is -3.26. The Kier molecular flexibility index (Phi) is 5.26. The molecule has 4 aromatic heterocycles. The number of rotatable bonds is 6. The molecular weight excluding hydrogens is 384 g/mol. The molecule has 0 fully saturated rings. The molecule has 0 bridgehead atoms. The number of nitrogens with one attached hydrogen (secondary N) is 1. The number of hydrogen-bond donors (Lipinski definition) is 1. The number of carbonyl (C=O) groups is 1. The van der Waals surface area contributed by atoms with Crippen molar-refractivity contribution in [2.75, 3.05) is 6.54 Å². The minimum atomic E-state index is -0.0918. The average molecular weight is 407 g/mol. The molecule has 0 saturated carbocycles. The van der Waals surface area contributed by atoms with E-state index in [0.29, 0.717) is 17.8 Å². The summed E-state index contributed by atoms with van der Waals surface area (Å²) in [4.78, 5) is 22.2. The zero-order valence-corrected chi connectivity index (χ0v) is 17.4. The SMILES string of the molecule is Cc1nc(-n2cccc2)sc1C(=O)NCCc1c(C)nn(-c2ccccn2)c1C. The van der Waals surface area contributed by atoms with E-state index in [2.05, 4.69) is 20.4 Å². The van der Waals surface area contributed by atoms with Gasteiger partial charge in [-0.1, -0.05) is 17.4 Å². The predicted octanol–water partition coefficient (Wildman–Crippen LogP) is 3.41. The van der Waals surface area contributed by atoms with Crippen molar-refractivity contribution in [2.24, 2.45) is 0 Å². The summed E-state index contributed by atoms with van der Waals surface area (Å²) in [7, 11) is 0. The van der Waals surface area contributed by atoms with Crippen LogP contribution in [0.5, 0.6) is 0 Å². The first-order valence-electron chi connectivity index (χ1n) is 9.40. The number of pyridine rings is 1. The van der Waals surface area contributed by atoms with Crippen LogP contribution in [-0.2, 0) is 6.42 Å². The van der Waals surface area contributed by atoms with Gasteiger partial charge >= 0.3 is 0 Å². The molecule has 4 aromatic rings. The van der Waals surface area contributed by atoms with Crippen LogP contribution in [-0.4, -0.2) is 36.8 Å². The summed E-state index contributed by atoms with van der Waals surface area (Å²) in [5, 5.41) is 8.43. The molecule has 0 atom stereocenters. The summed E-state index contributed by atoms with van der Waals surface area (Å²) < 4.78 is 3.76. The monoisotopic (exact) mass is 406 g/mol. The van der Waals surface area contributed by atoms with Crippen molar-refractivity contribution in [1.29, 1.82) is 0 Å². The van der Waals surface area contributed by atoms with Gasteiger partial charge in [0.05, 0.1) is 11.4 Å². The van der Waals surface area contributed by atoms with E-state index in [1.54, 1.807) is 6.20 Å². The summed E-state index contributed by atoms with van der Waals surface area (Å²) in [5.74, 6) is 0.701. The van der Waals surface area contributed by atoms with Crippen molar-refractivity contribution < 1.29 is 4.79 Å². The highest BCUT2D eigenvalue weighted by Crippen LogP contribution is 2.22. The van der Waals surface area contributed by atoms with Crippen molar-refractivity contribution in [3.8, 4) is 10.9 Å². The quantitative estimate of drug-likeness (QED) is 0.532. The van der Waals surface area contributed by atoms with Crippen LogP contribution < -0.4 is 5.32 Å². The molecule has 0 aromatic carbocycles. The number of aryl methyl sites for hydroxylation is 2. The second kappa shape index (κ2) is 8.00. The number of amides is 1. The molecule has 4 rings (SSSR count). The van der Waals surface area contributed by atoms with Gasteiger partial charge in [-0.05, 0) is 57.0 Å². The van der Waals surface area contributed by atoms with Crippen LogP contribution in [0, 0.1) is 20.8 Å². The van der Waals surface area contributed by atoms with Crippen molar-refractivity contribution in [3.05, 3.63) is 76.4 Å². The summed E-state index contributed by atoms with van der Waals surface area (Å²) >= 11 is 1.39. The maximum Gasteiger partial charge on any atom is 0.263 e. The summed E-state index contributed by atoms with van der Waals surface area (Å²) in [5.41, 5.74) is 3.86. The molecule has 8 heteroatoms. The first-order valence-corrected chi connectivity index (χ1v) is 10.2. The van der Waals surface area contributed by atoms with E-state index in [9.17, 15) is 4.79 Å². The lowest BCUT2D eigenvalue weighted by atomic mass is 10.1. The van der Waals surface area contributed by atoms with Gasteiger partial charge in [0.15, 0.2) is 10.9 Å². The first kappa shape index (κ1) is 19.1. The van der Waals surface area contributed by atoms with Gasteiger partial charge in [0.2, 0.25) is 0 Å². The maximum absolute atomic E-state index is 12.7. The van der Waals surface area contributed by atoms with Crippen LogP contribution in [0.25, 0.3) is 10.9 Å². The number of nitrogens with zero attached hydrogens (tertiary/aromatic N) is 5. The van der Waals surface area contributed by atoms with Crippen LogP contribution >= 0.6 is 11.3 Å². The van der Waals surface area contributed by atoms with Crippen LogP contribution in [0.4, 0.5) is 0 Å². The van der Waals surface area contributed by atoms with Gasteiger partial charge in [0.1, 0.15) is 4.88 Å². The second-order valence-corrected chi connectivity index (χ2v) is 7.73. The van der Waals surface area contributed by atoms with Crippen molar-refractivity contribution in [3.63, 3.8) is 0 Å². The largest absolute Gasteiger partial charge is 0.351 e. The van der Waals surface area contributed by atoms with Gasteiger partial charge in [-0.3, -0.25) is 4.79 Å². The maximum atomic E-state index is 12.7. The third kappa shape index (κ3) is 3.84. The molecule has 148 valence electrons. The van der Waals surface area contributed by atoms with Gasteiger partial charge < -0.3 is 9.88 Å². The summed E-state index contributed by atoms with van der Waals surface area (Å²) in [6.45, 7) is 6.41. The smallest absolute Gasteiger partial charge is 0.263 e. The zero-order valence-electron chi connectivity index (χ0n) is 16.6. The zero-order chi connectivity index (χ0) is 20.4. The third-order valence-electron chi connectivity index (χ3n) is 4.78. The molecule has 0 spiro atoms. The Balaban J connectivity index is 1.43. The average Bonchev–Trinajstić information content (AvgIpc) is 3.44. The van der Waals surface area contributed by atoms with Crippen LogP contribution in [0.3, 0.4) is 0 Å². The minimum Gasteiger partial charge on any atom is -0.351 e. The van der Waals surface area contributed by atoms with E-state index in [-0.39, 0.29) is 5.91 Å². The van der Waals surface area contributed by atoms with Crippen molar-refractivity contribution in [1.82, 2.24) is 29.6 Å². The van der Waals surface area contributed by atoms with E-state index in [1.165, 1.54) is 11.3 Å². The Bertz CT molecular complexity index is 1130. The number of hydrogen-bond acceptors (Lipinski definition) is 5. The molecule has 0 aliphatic heterocycles. The van der Waals surface area contributed by atoms with Gasteiger partial charge in [0.25, 0.3) is 5.91 Å². The molecule has 0 radical (unpaired) electrons. The highest BCUT2D eigenvalue weighted by Gasteiger charge is 2.17. The molecule has 1 N–H and O–H groups in total. The van der Waals surface area contributed by atoms with Crippen LogP contribution in [0.1, 0.15) is 32.3 Å².